The van der Waals surface area contributed by atoms with Gasteiger partial charge in [0.1, 0.15) is 0 Å². The van der Waals surface area contributed by atoms with Crippen molar-refractivity contribution >= 4 is 60.0 Å². The van der Waals surface area contributed by atoms with Crippen LogP contribution < -0.4 is 0 Å². The molecular weight excluding hydrogens is 478 g/mol. The van der Waals surface area contributed by atoms with Crippen LogP contribution in [0.5, 0.6) is 0 Å². The molecule has 0 aromatic heterocycles. The molecule has 0 heterocycles. The zero-order valence-corrected chi connectivity index (χ0v) is 19.0. The maximum absolute atomic E-state index is 12.0. The van der Waals surface area contributed by atoms with Crippen molar-refractivity contribution in [2.45, 2.75) is 13.5 Å². The van der Waals surface area contributed by atoms with E-state index < -0.39 is 39.6 Å². The van der Waals surface area contributed by atoms with Crippen molar-refractivity contribution in [2.24, 2.45) is 5.92 Å². The van der Waals surface area contributed by atoms with E-state index in [1.807, 2.05) is 6.07 Å². The fourth-order valence-corrected chi connectivity index (χ4v) is 8.67. The minimum atomic E-state index is -5.09. The van der Waals surface area contributed by atoms with Crippen LogP contribution in [-0.2, 0) is 20.2 Å². The molecule has 0 saturated heterocycles. The third kappa shape index (κ3) is 3.90. The van der Waals surface area contributed by atoms with E-state index in [0.29, 0.717) is 0 Å². The number of benzene rings is 1. The Morgan fingerprint density at radius 3 is 2.08 bits per heavy atom. The topological polar surface area (TPSA) is 109 Å². The van der Waals surface area contributed by atoms with Crippen LogP contribution in [0.25, 0.3) is 6.08 Å². The van der Waals surface area contributed by atoms with Gasteiger partial charge in [-0.2, -0.15) is 0 Å². The van der Waals surface area contributed by atoms with Gasteiger partial charge in [0.2, 0.25) is 0 Å². The van der Waals surface area contributed by atoms with E-state index in [4.69, 9.17) is 0 Å². The molecule has 0 spiro atoms. The van der Waals surface area contributed by atoms with Gasteiger partial charge in [0.25, 0.3) is 0 Å². The third-order valence-corrected chi connectivity index (χ3v) is 9.35. The Kier molecular flexibility index (Phi) is 5.61. The molecule has 2 N–H and O–H groups in total. The Morgan fingerprint density at radius 2 is 1.58 bits per heavy atom. The normalized spacial score (nSPS) is 23.4. The summed E-state index contributed by atoms with van der Waals surface area (Å²) in [5.41, 5.74) is 0.740. The Bertz CT molecular complexity index is 841. The molecule has 132 valence electrons. The van der Waals surface area contributed by atoms with E-state index in [2.05, 4.69) is 0 Å². The standard InChI is InChI=1S/C14H18As2O6S2/c15-13(16)9-8-12(7-6-11-4-2-1-3-5-11)14(10-13,23(17,18)19)24(20,21)22/h1-9,12H,10,15-16H2,(H,17,18,19)(H,20,21,22). The summed E-state index contributed by atoms with van der Waals surface area (Å²) in [7, 11) is -10.2. The van der Waals surface area contributed by atoms with E-state index in [-0.39, 0.29) is 0 Å². The summed E-state index contributed by atoms with van der Waals surface area (Å²) in [5.74, 6) is -1.21. The van der Waals surface area contributed by atoms with Crippen molar-refractivity contribution in [1.82, 2.24) is 0 Å². The molecule has 0 fully saturated rings. The zero-order valence-electron chi connectivity index (χ0n) is 12.5. The first-order chi connectivity index (χ1) is 10.9. The zero-order chi connectivity index (χ0) is 18.2. The van der Waals surface area contributed by atoms with Crippen molar-refractivity contribution in [2.75, 3.05) is 0 Å². The minimum absolute atomic E-state index is 0.405. The molecule has 3 unspecified atom stereocenters. The van der Waals surface area contributed by atoms with Gasteiger partial charge in [-0.15, -0.1) is 0 Å². The van der Waals surface area contributed by atoms with E-state index in [1.54, 1.807) is 36.4 Å². The van der Waals surface area contributed by atoms with Crippen LogP contribution in [-0.4, -0.2) is 63.7 Å². The van der Waals surface area contributed by atoms with Gasteiger partial charge in [-0.3, -0.25) is 0 Å². The Morgan fingerprint density at radius 1 is 1.04 bits per heavy atom. The fourth-order valence-electron chi connectivity index (χ4n) is 2.68. The van der Waals surface area contributed by atoms with Gasteiger partial charge >= 0.3 is 159 Å². The van der Waals surface area contributed by atoms with Gasteiger partial charge in [0.15, 0.2) is 0 Å². The summed E-state index contributed by atoms with van der Waals surface area (Å²) in [4.78, 5) is 0. The summed E-state index contributed by atoms with van der Waals surface area (Å²) in [6.07, 6.45) is 5.70. The monoisotopic (exact) mass is 496 g/mol. The van der Waals surface area contributed by atoms with Gasteiger partial charge in [0, 0.05) is 0 Å². The van der Waals surface area contributed by atoms with Crippen LogP contribution in [0, 0.1) is 5.92 Å². The number of hydrogen-bond donors (Lipinski definition) is 2. The molecule has 1 aromatic rings. The van der Waals surface area contributed by atoms with E-state index in [1.165, 1.54) is 12.2 Å². The molecule has 10 heteroatoms. The van der Waals surface area contributed by atoms with Crippen molar-refractivity contribution in [3.05, 3.63) is 54.1 Å². The Labute approximate surface area is 158 Å². The summed E-state index contributed by atoms with van der Waals surface area (Å²) in [6, 6.07) is 8.90. The van der Waals surface area contributed by atoms with Crippen molar-refractivity contribution in [1.29, 1.82) is 0 Å². The first kappa shape index (κ1) is 20.0. The number of hydrogen-bond acceptors (Lipinski definition) is 4. The molecule has 6 nitrogen and oxygen atoms in total. The molecule has 2 rings (SSSR count). The quantitative estimate of drug-likeness (QED) is 0.349. The SMILES string of the molecule is O=S(=O)(O)C1(S(=O)(=O)O)CC([AsH2])([AsH2])C=CC1C=Cc1ccccc1. The molecule has 1 aromatic carbocycles. The van der Waals surface area contributed by atoms with Gasteiger partial charge in [0.05, 0.1) is 0 Å². The summed E-state index contributed by atoms with van der Waals surface area (Å²) in [6.45, 7) is 0. The maximum atomic E-state index is 12.0. The first-order valence-corrected chi connectivity index (χ1v) is 12.1. The van der Waals surface area contributed by atoms with Crippen molar-refractivity contribution in [3.8, 4) is 0 Å². The van der Waals surface area contributed by atoms with Gasteiger partial charge in [-0.25, -0.2) is 0 Å². The number of allylic oxidation sites excluding steroid dienone is 3. The van der Waals surface area contributed by atoms with Crippen LogP contribution in [0.4, 0.5) is 0 Å². The predicted octanol–water partition coefficient (Wildman–Crippen LogP) is 0.130. The van der Waals surface area contributed by atoms with Gasteiger partial charge < -0.3 is 0 Å². The summed E-state index contributed by atoms with van der Waals surface area (Å²) < 4.78 is 64.1. The van der Waals surface area contributed by atoms with Gasteiger partial charge in [-0.1, -0.05) is 0 Å². The molecule has 1 aliphatic rings. The first-order valence-electron chi connectivity index (χ1n) is 6.83. The third-order valence-electron chi connectivity index (χ3n) is 3.84. The number of rotatable bonds is 4. The average molecular weight is 496 g/mol. The van der Waals surface area contributed by atoms with Crippen LogP contribution in [0.15, 0.2) is 48.6 Å². The molecule has 0 saturated carbocycles. The summed E-state index contributed by atoms with van der Waals surface area (Å²) >= 11 is 2.26. The second-order valence-electron chi connectivity index (χ2n) is 5.71. The van der Waals surface area contributed by atoms with Crippen LogP contribution in [0.1, 0.15) is 12.0 Å². The van der Waals surface area contributed by atoms with Crippen LogP contribution >= 0.6 is 0 Å². The molecule has 0 bridgehead atoms. The van der Waals surface area contributed by atoms with Crippen LogP contribution in [0.2, 0.25) is 2.99 Å². The van der Waals surface area contributed by atoms with E-state index in [9.17, 15) is 25.9 Å². The molecule has 0 radical (unpaired) electrons. The average Bonchev–Trinajstić information content (AvgIpc) is 2.44. The molecular formula is C14H18As2O6S2. The molecule has 24 heavy (non-hydrogen) atoms. The molecule has 1 aliphatic carbocycles. The predicted molar refractivity (Wildman–Crippen MR) is 98.3 cm³/mol. The van der Waals surface area contributed by atoms with Crippen molar-refractivity contribution < 1.29 is 25.9 Å². The Hall–Kier alpha value is -0.363. The molecule has 0 aliphatic heterocycles. The Balaban J connectivity index is 2.64. The second kappa shape index (κ2) is 6.75. The van der Waals surface area contributed by atoms with E-state index >= 15 is 0 Å². The fraction of sp³-hybridized carbons (Fsp3) is 0.286. The van der Waals surface area contributed by atoms with E-state index in [0.717, 1.165) is 39.3 Å². The summed E-state index contributed by atoms with van der Waals surface area (Å²) in [5, 5.41) is 0. The van der Waals surface area contributed by atoms with Gasteiger partial charge in [-0.05, 0) is 0 Å². The second-order valence-corrected chi connectivity index (χ2v) is 16.8. The molecule has 0 amide bonds. The molecule has 3 atom stereocenters. The van der Waals surface area contributed by atoms with Crippen molar-refractivity contribution in [3.63, 3.8) is 0 Å². The van der Waals surface area contributed by atoms with Crippen LogP contribution in [0.3, 0.4) is 0 Å².